The van der Waals surface area contributed by atoms with Crippen LogP contribution in [0.15, 0.2) is 30.3 Å². The van der Waals surface area contributed by atoms with Gasteiger partial charge in [-0.05, 0) is 26.0 Å². The largest absolute Gasteiger partial charge is 0.366 e. The maximum absolute atomic E-state index is 11.6. The van der Waals surface area contributed by atoms with E-state index in [9.17, 15) is 4.79 Å². The molecule has 80 valence electrons. The first-order chi connectivity index (χ1) is 7.08. The Hall–Kier alpha value is -1.35. The fourth-order valence-corrected chi connectivity index (χ4v) is 1.52. The highest BCUT2D eigenvalue weighted by molar-refractivity contribution is 5.91. The summed E-state index contributed by atoms with van der Waals surface area (Å²) in [5, 5.41) is 2.83. The summed E-state index contributed by atoms with van der Waals surface area (Å²) in [6, 6.07) is 9.46. The summed E-state index contributed by atoms with van der Waals surface area (Å²) in [7, 11) is 0. The summed E-state index contributed by atoms with van der Waals surface area (Å²) in [6.07, 6.45) is 0.503. The van der Waals surface area contributed by atoms with Gasteiger partial charge >= 0.3 is 0 Å². The molecule has 3 heteroatoms. The van der Waals surface area contributed by atoms with Gasteiger partial charge in [0.15, 0.2) is 0 Å². The molecule has 2 rings (SSSR count). The average molecular weight is 205 g/mol. The van der Waals surface area contributed by atoms with Crippen LogP contribution in [0.5, 0.6) is 0 Å². The SMILES string of the molecule is CC1(C)OC1CC(=O)Nc1ccccc1. The van der Waals surface area contributed by atoms with E-state index >= 15 is 0 Å². The maximum atomic E-state index is 11.6. The number of ether oxygens (including phenoxy) is 1. The van der Waals surface area contributed by atoms with Gasteiger partial charge in [-0.1, -0.05) is 18.2 Å². The van der Waals surface area contributed by atoms with Gasteiger partial charge in [0.1, 0.15) is 0 Å². The third-order valence-corrected chi connectivity index (χ3v) is 2.59. The van der Waals surface area contributed by atoms with Crippen molar-refractivity contribution < 1.29 is 9.53 Å². The van der Waals surface area contributed by atoms with E-state index in [2.05, 4.69) is 5.32 Å². The fourth-order valence-electron chi connectivity index (χ4n) is 1.52. The van der Waals surface area contributed by atoms with Crippen LogP contribution >= 0.6 is 0 Å². The quantitative estimate of drug-likeness (QED) is 0.768. The Balaban J connectivity index is 1.84. The number of carbonyl (C=O) groups is 1. The number of benzene rings is 1. The van der Waals surface area contributed by atoms with Crippen LogP contribution in [-0.4, -0.2) is 17.6 Å². The number of para-hydroxylation sites is 1. The Morgan fingerprint density at radius 3 is 2.53 bits per heavy atom. The molecule has 1 N–H and O–H groups in total. The second kappa shape index (κ2) is 3.66. The van der Waals surface area contributed by atoms with Gasteiger partial charge in [0.05, 0.1) is 18.1 Å². The number of epoxide rings is 1. The molecular weight excluding hydrogens is 190 g/mol. The topological polar surface area (TPSA) is 41.6 Å². The fraction of sp³-hybridized carbons (Fsp3) is 0.417. The smallest absolute Gasteiger partial charge is 0.227 e. The van der Waals surface area contributed by atoms with Crippen LogP contribution in [0.1, 0.15) is 20.3 Å². The van der Waals surface area contributed by atoms with E-state index in [0.717, 1.165) is 5.69 Å². The minimum atomic E-state index is -0.117. The lowest BCUT2D eigenvalue weighted by Crippen LogP contribution is -2.16. The van der Waals surface area contributed by atoms with Crippen LogP contribution in [-0.2, 0) is 9.53 Å². The number of anilines is 1. The first-order valence-corrected chi connectivity index (χ1v) is 5.11. The average Bonchev–Trinajstić information content (AvgIpc) is 2.74. The number of rotatable bonds is 3. The van der Waals surface area contributed by atoms with Crippen molar-refractivity contribution in [2.24, 2.45) is 0 Å². The predicted octanol–water partition coefficient (Wildman–Crippen LogP) is 2.19. The Morgan fingerprint density at radius 2 is 2.00 bits per heavy atom. The molecule has 0 spiro atoms. The third kappa shape index (κ3) is 2.57. The van der Waals surface area contributed by atoms with Crippen LogP contribution in [0, 0.1) is 0 Å². The lowest BCUT2D eigenvalue weighted by atomic mass is 10.1. The van der Waals surface area contributed by atoms with Crippen molar-refractivity contribution in [3.63, 3.8) is 0 Å². The van der Waals surface area contributed by atoms with Crippen LogP contribution in [0.25, 0.3) is 0 Å². The lowest BCUT2D eigenvalue weighted by molar-refractivity contribution is -0.116. The van der Waals surface area contributed by atoms with Crippen LogP contribution in [0.4, 0.5) is 5.69 Å². The minimum absolute atomic E-state index is 0.0109. The van der Waals surface area contributed by atoms with Gasteiger partial charge in [-0.25, -0.2) is 0 Å². The molecule has 1 atom stereocenters. The molecule has 1 aliphatic rings. The zero-order valence-electron chi connectivity index (χ0n) is 8.99. The van der Waals surface area contributed by atoms with Gasteiger partial charge in [-0.15, -0.1) is 0 Å². The molecule has 0 aliphatic carbocycles. The van der Waals surface area contributed by atoms with E-state index in [1.54, 1.807) is 0 Å². The standard InChI is InChI=1S/C12H15NO2/c1-12(2)10(15-12)8-11(14)13-9-6-4-3-5-7-9/h3-7,10H,8H2,1-2H3,(H,13,14). The van der Waals surface area contributed by atoms with Crippen molar-refractivity contribution in [3.05, 3.63) is 30.3 Å². The van der Waals surface area contributed by atoms with Gasteiger partial charge in [0, 0.05) is 5.69 Å². The Bertz CT molecular complexity index is 359. The van der Waals surface area contributed by atoms with Crippen molar-refractivity contribution in [3.8, 4) is 0 Å². The summed E-state index contributed by atoms with van der Waals surface area (Å²) in [5.41, 5.74) is 0.717. The second-order valence-electron chi connectivity index (χ2n) is 4.33. The highest BCUT2D eigenvalue weighted by Gasteiger charge is 2.48. The molecule has 1 aliphatic heterocycles. The zero-order chi connectivity index (χ0) is 10.9. The van der Waals surface area contributed by atoms with E-state index in [1.165, 1.54) is 0 Å². The lowest BCUT2D eigenvalue weighted by Gasteiger charge is -2.03. The van der Waals surface area contributed by atoms with Crippen molar-refractivity contribution in [1.82, 2.24) is 0 Å². The molecule has 3 nitrogen and oxygen atoms in total. The highest BCUT2D eigenvalue weighted by atomic mass is 16.6. The molecule has 0 aromatic heterocycles. The van der Waals surface area contributed by atoms with Crippen LogP contribution < -0.4 is 5.32 Å². The van der Waals surface area contributed by atoms with Crippen LogP contribution in [0.3, 0.4) is 0 Å². The molecule has 1 aromatic carbocycles. The predicted molar refractivity (Wildman–Crippen MR) is 58.6 cm³/mol. The number of hydrogen-bond donors (Lipinski definition) is 1. The molecule has 15 heavy (non-hydrogen) atoms. The minimum Gasteiger partial charge on any atom is -0.366 e. The van der Waals surface area contributed by atoms with Crippen molar-refractivity contribution in [1.29, 1.82) is 0 Å². The molecule has 0 bridgehead atoms. The number of amides is 1. The Morgan fingerprint density at radius 1 is 1.40 bits per heavy atom. The van der Waals surface area contributed by atoms with Gasteiger partial charge < -0.3 is 10.1 Å². The molecule has 1 amide bonds. The molecule has 1 heterocycles. The summed E-state index contributed by atoms with van der Waals surface area (Å²) in [4.78, 5) is 11.6. The second-order valence-corrected chi connectivity index (χ2v) is 4.33. The zero-order valence-corrected chi connectivity index (χ0v) is 8.99. The van der Waals surface area contributed by atoms with Gasteiger partial charge in [0.2, 0.25) is 5.91 Å². The molecule has 1 fully saturated rings. The molecule has 1 saturated heterocycles. The first kappa shape index (κ1) is 10.2. The summed E-state index contributed by atoms with van der Waals surface area (Å²) in [6.45, 7) is 3.99. The van der Waals surface area contributed by atoms with Gasteiger partial charge in [-0.2, -0.15) is 0 Å². The summed E-state index contributed by atoms with van der Waals surface area (Å²) >= 11 is 0. The maximum Gasteiger partial charge on any atom is 0.227 e. The van der Waals surface area contributed by atoms with E-state index in [1.807, 2.05) is 44.2 Å². The molecule has 0 saturated carbocycles. The normalized spacial score (nSPS) is 22.1. The number of hydrogen-bond acceptors (Lipinski definition) is 2. The van der Waals surface area contributed by atoms with Crippen molar-refractivity contribution in [2.45, 2.75) is 32.0 Å². The number of nitrogens with one attached hydrogen (secondary N) is 1. The summed E-state index contributed by atoms with van der Waals surface area (Å²) in [5.74, 6) is 0.0109. The first-order valence-electron chi connectivity index (χ1n) is 5.11. The Labute approximate surface area is 89.4 Å². The molecular formula is C12H15NO2. The Kier molecular flexibility index (Phi) is 2.49. The molecule has 1 aromatic rings. The number of carbonyl (C=O) groups excluding carboxylic acids is 1. The van der Waals surface area contributed by atoms with Crippen molar-refractivity contribution >= 4 is 11.6 Å². The van der Waals surface area contributed by atoms with Gasteiger partial charge in [0.25, 0.3) is 0 Å². The highest BCUT2D eigenvalue weighted by Crippen LogP contribution is 2.37. The van der Waals surface area contributed by atoms with Crippen molar-refractivity contribution in [2.75, 3.05) is 5.32 Å². The monoisotopic (exact) mass is 205 g/mol. The molecule has 1 unspecified atom stereocenters. The van der Waals surface area contributed by atoms with E-state index < -0.39 is 0 Å². The van der Waals surface area contributed by atoms with Crippen LogP contribution in [0.2, 0.25) is 0 Å². The molecule has 0 radical (unpaired) electrons. The summed E-state index contributed by atoms with van der Waals surface area (Å²) < 4.78 is 5.35. The third-order valence-electron chi connectivity index (χ3n) is 2.59. The van der Waals surface area contributed by atoms with E-state index in [0.29, 0.717) is 6.42 Å². The van der Waals surface area contributed by atoms with E-state index in [4.69, 9.17) is 4.74 Å². The van der Waals surface area contributed by atoms with E-state index in [-0.39, 0.29) is 17.6 Å². The van der Waals surface area contributed by atoms with Gasteiger partial charge in [-0.3, -0.25) is 4.79 Å².